The third-order valence-corrected chi connectivity index (χ3v) is 20.2. The minimum Gasteiger partial charge on any atom is -0.462 e. The number of rotatable bonds is 76. The van der Waals surface area contributed by atoms with Crippen LogP contribution in [0.3, 0.4) is 0 Å². The molecule has 0 aliphatic carbocycles. The zero-order valence-electron chi connectivity index (χ0n) is 64.4. The van der Waals surface area contributed by atoms with E-state index in [0.717, 1.165) is 114 Å². The van der Waals surface area contributed by atoms with Crippen LogP contribution in [-0.4, -0.2) is 96.7 Å². The highest BCUT2D eigenvalue weighted by Crippen LogP contribution is 2.45. The second-order valence-corrected chi connectivity index (χ2v) is 33.3. The van der Waals surface area contributed by atoms with Crippen LogP contribution in [0.25, 0.3) is 0 Å². The molecular weight excluding hydrogens is 1280 g/mol. The number of phosphoric acid groups is 2. The average Bonchev–Trinajstić information content (AvgIpc) is 0.966. The lowest BCUT2D eigenvalue weighted by atomic mass is 10.0. The number of carbonyl (C=O) groups excluding carboxylic acids is 4. The number of phosphoric ester groups is 2. The maximum atomic E-state index is 13.1. The van der Waals surface area contributed by atoms with Crippen molar-refractivity contribution < 1.29 is 80.2 Å². The molecule has 0 aromatic rings. The van der Waals surface area contributed by atoms with E-state index in [-0.39, 0.29) is 25.7 Å². The van der Waals surface area contributed by atoms with Crippen molar-refractivity contribution >= 4 is 39.5 Å². The van der Waals surface area contributed by atoms with Crippen LogP contribution in [0, 0.1) is 23.7 Å². The van der Waals surface area contributed by atoms with Gasteiger partial charge in [-0.1, -0.05) is 351 Å². The van der Waals surface area contributed by atoms with Crippen LogP contribution >= 0.6 is 15.6 Å². The van der Waals surface area contributed by atoms with E-state index in [0.29, 0.717) is 31.6 Å². The fourth-order valence-corrected chi connectivity index (χ4v) is 13.7. The van der Waals surface area contributed by atoms with E-state index in [1.54, 1.807) is 0 Å². The summed E-state index contributed by atoms with van der Waals surface area (Å²) in [6, 6.07) is 0. The molecule has 0 aromatic carbocycles. The van der Waals surface area contributed by atoms with Gasteiger partial charge in [-0.05, 0) is 49.4 Å². The quantitative estimate of drug-likeness (QED) is 0.0222. The average molecular weight is 1440 g/mol. The Labute approximate surface area is 600 Å². The summed E-state index contributed by atoms with van der Waals surface area (Å²) in [4.78, 5) is 72.9. The molecule has 0 bridgehead atoms. The van der Waals surface area contributed by atoms with E-state index in [9.17, 15) is 43.2 Å². The van der Waals surface area contributed by atoms with Crippen molar-refractivity contribution in [2.24, 2.45) is 23.7 Å². The third kappa shape index (κ3) is 72.4. The molecule has 0 fully saturated rings. The van der Waals surface area contributed by atoms with Gasteiger partial charge in [0.15, 0.2) is 12.2 Å². The van der Waals surface area contributed by atoms with Gasteiger partial charge in [0.1, 0.15) is 19.3 Å². The minimum absolute atomic E-state index is 0.106. The molecule has 17 nitrogen and oxygen atoms in total. The summed E-state index contributed by atoms with van der Waals surface area (Å²) in [6.07, 6.45) is 54.3. The van der Waals surface area contributed by atoms with Crippen molar-refractivity contribution in [3.05, 3.63) is 0 Å². The Kier molecular flexibility index (Phi) is 66.8. The first-order valence-corrected chi connectivity index (χ1v) is 43.7. The summed E-state index contributed by atoms with van der Waals surface area (Å²) >= 11 is 0. The van der Waals surface area contributed by atoms with Gasteiger partial charge in [-0.15, -0.1) is 0 Å². The summed E-state index contributed by atoms with van der Waals surface area (Å²) < 4.78 is 68.6. The van der Waals surface area contributed by atoms with Crippen molar-refractivity contribution in [3.63, 3.8) is 0 Å². The zero-order chi connectivity index (χ0) is 72.4. The van der Waals surface area contributed by atoms with Crippen molar-refractivity contribution in [2.45, 2.75) is 420 Å². The Hall–Kier alpha value is -1.94. The van der Waals surface area contributed by atoms with Gasteiger partial charge in [-0.2, -0.15) is 0 Å². The smallest absolute Gasteiger partial charge is 0.462 e. The maximum absolute atomic E-state index is 13.1. The Bertz CT molecular complexity index is 1920. The monoisotopic (exact) mass is 1440 g/mol. The summed E-state index contributed by atoms with van der Waals surface area (Å²) in [7, 11) is -9.92. The Morgan fingerprint density at radius 3 is 0.633 bits per heavy atom. The van der Waals surface area contributed by atoms with E-state index in [1.807, 2.05) is 0 Å². The molecule has 0 rings (SSSR count). The van der Waals surface area contributed by atoms with Gasteiger partial charge in [0.05, 0.1) is 26.4 Å². The van der Waals surface area contributed by atoms with Crippen molar-refractivity contribution in [1.82, 2.24) is 0 Å². The van der Waals surface area contributed by atoms with Gasteiger partial charge < -0.3 is 33.8 Å². The molecule has 0 spiro atoms. The van der Waals surface area contributed by atoms with Gasteiger partial charge >= 0.3 is 39.5 Å². The predicted octanol–water partition coefficient (Wildman–Crippen LogP) is 23.2. The lowest BCUT2D eigenvalue weighted by Crippen LogP contribution is -2.30. The molecule has 0 amide bonds. The molecule has 0 heterocycles. The van der Waals surface area contributed by atoms with Gasteiger partial charge in [-0.3, -0.25) is 37.3 Å². The van der Waals surface area contributed by atoms with Crippen LogP contribution in [0.15, 0.2) is 0 Å². The largest absolute Gasteiger partial charge is 0.472 e. The van der Waals surface area contributed by atoms with E-state index in [1.165, 1.54) is 199 Å². The lowest BCUT2D eigenvalue weighted by Gasteiger charge is -2.21. The third-order valence-electron chi connectivity index (χ3n) is 18.3. The van der Waals surface area contributed by atoms with Gasteiger partial charge in [0.2, 0.25) is 0 Å². The number of aliphatic hydroxyl groups is 1. The lowest BCUT2D eigenvalue weighted by molar-refractivity contribution is -0.161. The molecule has 0 aliphatic heterocycles. The van der Waals surface area contributed by atoms with Crippen molar-refractivity contribution in [2.75, 3.05) is 39.6 Å². The van der Waals surface area contributed by atoms with E-state index >= 15 is 0 Å². The van der Waals surface area contributed by atoms with E-state index < -0.39 is 97.5 Å². The van der Waals surface area contributed by atoms with E-state index in [4.69, 9.17) is 37.0 Å². The van der Waals surface area contributed by atoms with E-state index in [2.05, 4.69) is 55.4 Å². The summed E-state index contributed by atoms with van der Waals surface area (Å²) in [6.45, 7) is 14.2. The molecule has 0 saturated carbocycles. The molecule has 98 heavy (non-hydrogen) atoms. The first kappa shape index (κ1) is 96.1. The SMILES string of the molecule is CC(C)CCCCCCCCCCCCCCCCCC(=O)OC[C@H](COP(=O)(O)OCC(O)COP(=O)(O)OC[C@@H](COC(=O)CCCCCCCCC(C)C)OC(=O)CCCCCCCCCCCCCCCCC(C)C)OC(=O)CCCCCCCCCCCCCC(C)C. The number of ether oxygens (including phenoxy) is 4. The highest BCUT2D eigenvalue weighted by molar-refractivity contribution is 7.47. The molecule has 3 N–H and O–H groups in total. The predicted molar refractivity (Wildman–Crippen MR) is 400 cm³/mol. The highest BCUT2D eigenvalue weighted by Gasteiger charge is 2.30. The first-order chi connectivity index (χ1) is 47.1. The summed E-state index contributed by atoms with van der Waals surface area (Å²) in [5.41, 5.74) is 0. The molecular formula is C79H154O17P2. The van der Waals surface area contributed by atoms with Crippen LogP contribution in [0.1, 0.15) is 402 Å². The zero-order valence-corrected chi connectivity index (χ0v) is 66.2. The first-order valence-electron chi connectivity index (χ1n) is 40.7. The molecule has 19 heteroatoms. The maximum Gasteiger partial charge on any atom is 0.472 e. The standard InChI is InChI=1S/C79H154O17P2/c1-69(2)55-47-39-31-25-19-14-10-9-11-16-22-28-34-43-51-59-76(81)89-65-74(95-79(84)62-54-46-36-30-24-18-21-27-33-41-49-57-71(5)6)67-93-97(85,86)91-63-73(80)64-92-98(87,88)94-68-75(66-90-77(82)60-52-44-38-37-42-50-58-72(7)8)96-78(83)61-53-45-35-29-23-17-13-12-15-20-26-32-40-48-56-70(3)4/h69-75,80H,9-68H2,1-8H3,(H,85,86)(H,87,88)/t73?,74-,75-/m1/s1. The second-order valence-electron chi connectivity index (χ2n) is 30.4. The van der Waals surface area contributed by atoms with Crippen LogP contribution in [0.5, 0.6) is 0 Å². The number of unbranched alkanes of at least 4 members (excludes halogenated alkanes) is 42. The molecule has 5 atom stereocenters. The number of esters is 4. The van der Waals surface area contributed by atoms with Crippen LogP contribution in [0.4, 0.5) is 0 Å². The van der Waals surface area contributed by atoms with Crippen LogP contribution < -0.4 is 0 Å². The fraction of sp³-hybridized carbons (Fsp3) is 0.949. The van der Waals surface area contributed by atoms with Crippen molar-refractivity contribution in [3.8, 4) is 0 Å². The second kappa shape index (κ2) is 68.2. The molecule has 0 aliphatic rings. The van der Waals surface area contributed by atoms with Crippen LogP contribution in [-0.2, 0) is 65.4 Å². The van der Waals surface area contributed by atoms with Gasteiger partial charge in [0, 0.05) is 25.7 Å². The van der Waals surface area contributed by atoms with Gasteiger partial charge in [0.25, 0.3) is 0 Å². The topological polar surface area (TPSA) is 237 Å². The Morgan fingerprint density at radius 2 is 0.429 bits per heavy atom. The molecule has 3 unspecified atom stereocenters. The van der Waals surface area contributed by atoms with Gasteiger partial charge in [-0.25, -0.2) is 9.13 Å². The molecule has 582 valence electrons. The number of aliphatic hydroxyl groups excluding tert-OH is 1. The van der Waals surface area contributed by atoms with Crippen molar-refractivity contribution in [1.29, 1.82) is 0 Å². The summed E-state index contributed by atoms with van der Waals surface area (Å²) in [5, 5.41) is 10.6. The molecule has 0 saturated heterocycles. The fourth-order valence-electron chi connectivity index (χ4n) is 12.1. The molecule has 0 aromatic heterocycles. The summed E-state index contributed by atoms with van der Waals surface area (Å²) in [5.74, 6) is 0.928. The Balaban J connectivity index is 5.21. The Morgan fingerprint density at radius 1 is 0.255 bits per heavy atom. The molecule has 0 radical (unpaired) electrons. The minimum atomic E-state index is -4.96. The number of carbonyl (C=O) groups is 4. The number of hydrogen-bond donors (Lipinski definition) is 3. The van der Waals surface area contributed by atoms with Crippen LogP contribution in [0.2, 0.25) is 0 Å². The number of hydrogen-bond acceptors (Lipinski definition) is 15. The highest BCUT2D eigenvalue weighted by atomic mass is 31.2. The normalized spacial score (nSPS) is 14.1.